The fourth-order valence-corrected chi connectivity index (χ4v) is 4.58. The fourth-order valence-electron chi connectivity index (χ4n) is 2.89. The van der Waals surface area contributed by atoms with Crippen LogP contribution in [0.1, 0.15) is 44.1 Å². The molecule has 118 valence electrons. The zero-order chi connectivity index (χ0) is 15.5. The number of ether oxygens (including phenoxy) is 1. The summed E-state index contributed by atoms with van der Waals surface area (Å²) in [5.74, 6) is 0.429. The average molecular weight is 336 g/mol. The Morgan fingerprint density at radius 3 is 2.77 bits per heavy atom. The number of nitrogens with one attached hydrogen (secondary N) is 1. The summed E-state index contributed by atoms with van der Waals surface area (Å²) in [7, 11) is 0. The van der Waals surface area contributed by atoms with Crippen LogP contribution in [-0.2, 0) is 4.74 Å². The lowest BCUT2D eigenvalue weighted by Crippen LogP contribution is -2.35. The molecule has 0 saturated carbocycles. The molecule has 1 aliphatic heterocycles. The fraction of sp³-hybridized carbons (Fsp3) is 0.500. The third kappa shape index (κ3) is 3.39. The number of thiophene rings is 1. The summed E-state index contributed by atoms with van der Waals surface area (Å²) in [6.45, 7) is 5.39. The van der Waals surface area contributed by atoms with E-state index in [4.69, 9.17) is 4.74 Å². The van der Waals surface area contributed by atoms with Gasteiger partial charge in [0.25, 0.3) is 5.91 Å². The van der Waals surface area contributed by atoms with Gasteiger partial charge in [-0.3, -0.25) is 4.79 Å². The van der Waals surface area contributed by atoms with Crippen LogP contribution in [0.4, 0.5) is 0 Å². The van der Waals surface area contributed by atoms with Gasteiger partial charge in [-0.2, -0.15) is 0 Å². The van der Waals surface area contributed by atoms with Gasteiger partial charge in [0, 0.05) is 18.1 Å². The molecule has 2 aromatic rings. The topological polar surface area (TPSA) is 51.2 Å². The van der Waals surface area contributed by atoms with Crippen LogP contribution in [0.25, 0.3) is 0 Å². The second kappa shape index (κ2) is 6.89. The van der Waals surface area contributed by atoms with Crippen molar-refractivity contribution in [2.24, 2.45) is 5.92 Å². The van der Waals surface area contributed by atoms with Crippen molar-refractivity contribution in [2.75, 3.05) is 13.2 Å². The Labute approximate surface area is 138 Å². The lowest BCUT2D eigenvalue weighted by atomic mass is 9.90. The second-order valence-electron chi connectivity index (χ2n) is 5.56. The maximum atomic E-state index is 12.7. The van der Waals surface area contributed by atoms with Crippen molar-refractivity contribution in [1.82, 2.24) is 10.3 Å². The highest BCUT2D eigenvalue weighted by molar-refractivity contribution is 7.13. The van der Waals surface area contributed by atoms with Gasteiger partial charge in [-0.25, -0.2) is 4.98 Å². The first kappa shape index (κ1) is 15.6. The van der Waals surface area contributed by atoms with E-state index in [1.54, 1.807) is 11.3 Å². The molecule has 1 aliphatic rings. The summed E-state index contributed by atoms with van der Waals surface area (Å²) in [6, 6.07) is 4.22. The smallest absolute Gasteiger partial charge is 0.263 e. The Hall–Kier alpha value is -1.24. The number of aromatic nitrogens is 1. The quantitative estimate of drug-likeness (QED) is 0.926. The summed E-state index contributed by atoms with van der Waals surface area (Å²) < 4.78 is 5.46. The van der Waals surface area contributed by atoms with Crippen LogP contribution < -0.4 is 5.32 Å². The minimum Gasteiger partial charge on any atom is -0.381 e. The molecule has 1 unspecified atom stereocenters. The Balaban J connectivity index is 1.80. The van der Waals surface area contributed by atoms with Crippen LogP contribution in [0.15, 0.2) is 17.5 Å². The number of thiazole rings is 1. The van der Waals surface area contributed by atoms with Gasteiger partial charge in [0.05, 0.1) is 16.7 Å². The van der Waals surface area contributed by atoms with Crippen LogP contribution >= 0.6 is 22.7 Å². The molecule has 1 fully saturated rings. The molecule has 2 aromatic heterocycles. The van der Waals surface area contributed by atoms with Crippen molar-refractivity contribution in [2.45, 2.75) is 32.7 Å². The van der Waals surface area contributed by atoms with Gasteiger partial charge >= 0.3 is 0 Å². The molecular formula is C16H20N2O2S2. The average Bonchev–Trinajstić information content (AvgIpc) is 3.15. The molecule has 1 saturated heterocycles. The zero-order valence-electron chi connectivity index (χ0n) is 12.8. The number of hydrogen-bond acceptors (Lipinski definition) is 5. The maximum absolute atomic E-state index is 12.7. The summed E-state index contributed by atoms with van der Waals surface area (Å²) in [5, 5.41) is 6.24. The first-order valence-electron chi connectivity index (χ1n) is 7.51. The predicted octanol–water partition coefficient (Wildman–Crippen LogP) is 3.72. The largest absolute Gasteiger partial charge is 0.381 e. The number of nitrogens with zero attached hydrogens (tertiary/aromatic N) is 1. The minimum atomic E-state index is -0.00649. The molecule has 0 radical (unpaired) electrons. The summed E-state index contributed by atoms with van der Waals surface area (Å²) in [4.78, 5) is 19.0. The number of carbonyl (C=O) groups excluding carboxylic acids is 1. The molecule has 0 aliphatic carbocycles. The molecule has 0 aromatic carbocycles. The van der Waals surface area contributed by atoms with E-state index in [0.29, 0.717) is 5.92 Å². The molecule has 3 heterocycles. The molecule has 0 bridgehead atoms. The van der Waals surface area contributed by atoms with E-state index in [1.165, 1.54) is 16.2 Å². The van der Waals surface area contributed by atoms with Crippen LogP contribution in [0.2, 0.25) is 0 Å². The third-order valence-corrected chi connectivity index (χ3v) is 6.01. The van der Waals surface area contributed by atoms with Gasteiger partial charge < -0.3 is 10.1 Å². The Kier molecular flexibility index (Phi) is 4.90. The van der Waals surface area contributed by atoms with E-state index in [-0.39, 0.29) is 11.9 Å². The number of carbonyl (C=O) groups is 1. The molecule has 0 spiro atoms. The molecule has 1 N–H and O–H groups in total. The van der Waals surface area contributed by atoms with Gasteiger partial charge in [0.15, 0.2) is 0 Å². The molecule has 1 amide bonds. The van der Waals surface area contributed by atoms with E-state index >= 15 is 0 Å². The van der Waals surface area contributed by atoms with Crippen LogP contribution in [0, 0.1) is 19.8 Å². The second-order valence-corrected chi connectivity index (χ2v) is 7.75. The van der Waals surface area contributed by atoms with Gasteiger partial charge in [0.1, 0.15) is 4.88 Å². The van der Waals surface area contributed by atoms with Crippen molar-refractivity contribution in [1.29, 1.82) is 0 Å². The molecule has 1 atom stereocenters. The lowest BCUT2D eigenvalue weighted by Gasteiger charge is -2.30. The van der Waals surface area contributed by atoms with Crippen LogP contribution in [-0.4, -0.2) is 24.1 Å². The van der Waals surface area contributed by atoms with Gasteiger partial charge in [-0.1, -0.05) is 6.07 Å². The summed E-state index contributed by atoms with van der Waals surface area (Å²) in [5.41, 5.74) is 0.817. The van der Waals surface area contributed by atoms with E-state index in [1.807, 2.05) is 19.9 Å². The first-order chi connectivity index (χ1) is 10.6. The first-order valence-corrected chi connectivity index (χ1v) is 9.21. The minimum absolute atomic E-state index is 0.00649. The molecule has 4 nitrogen and oxygen atoms in total. The van der Waals surface area contributed by atoms with E-state index < -0.39 is 0 Å². The lowest BCUT2D eigenvalue weighted by molar-refractivity contribution is 0.0519. The van der Waals surface area contributed by atoms with E-state index in [9.17, 15) is 4.79 Å². The number of amides is 1. The van der Waals surface area contributed by atoms with E-state index in [2.05, 4.69) is 21.7 Å². The Bertz CT molecular complexity index is 631. The highest BCUT2D eigenvalue weighted by atomic mass is 32.1. The summed E-state index contributed by atoms with van der Waals surface area (Å²) >= 11 is 3.17. The highest BCUT2D eigenvalue weighted by Gasteiger charge is 2.28. The number of rotatable bonds is 4. The molecule has 6 heteroatoms. The highest BCUT2D eigenvalue weighted by Crippen LogP contribution is 2.33. The zero-order valence-corrected chi connectivity index (χ0v) is 14.4. The molecule has 3 rings (SSSR count). The standard InChI is InChI=1S/C16H20N2O2S2/c1-10-15(22-11(2)17-10)16(19)18-14(13-4-3-9-21-13)12-5-7-20-8-6-12/h3-4,9,12,14H,5-8H2,1-2H3,(H,18,19). The van der Waals surface area contributed by atoms with Crippen molar-refractivity contribution < 1.29 is 9.53 Å². The number of aryl methyl sites for hydroxylation is 2. The van der Waals surface area contributed by atoms with Gasteiger partial charge in [-0.05, 0) is 44.1 Å². The van der Waals surface area contributed by atoms with Gasteiger partial charge in [-0.15, -0.1) is 22.7 Å². The summed E-state index contributed by atoms with van der Waals surface area (Å²) in [6.07, 6.45) is 1.98. The molecular weight excluding hydrogens is 316 g/mol. The maximum Gasteiger partial charge on any atom is 0.263 e. The van der Waals surface area contributed by atoms with Crippen molar-refractivity contribution in [3.8, 4) is 0 Å². The normalized spacial score (nSPS) is 17.4. The van der Waals surface area contributed by atoms with Crippen molar-refractivity contribution in [3.05, 3.63) is 38.0 Å². The SMILES string of the molecule is Cc1nc(C)c(C(=O)NC(c2cccs2)C2CCOCC2)s1. The predicted molar refractivity (Wildman–Crippen MR) is 89.7 cm³/mol. The number of hydrogen-bond donors (Lipinski definition) is 1. The van der Waals surface area contributed by atoms with Crippen LogP contribution in [0.3, 0.4) is 0 Å². The van der Waals surface area contributed by atoms with Crippen molar-refractivity contribution >= 4 is 28.6 Å². The van der Waals surface area contributed by atoms with Crippen LogP contribution in [0.5, 0.6) is 0 Å². The van der Waals surface area contributed by atoms with Crippen molar-refractivity contribution in [3.63, 3.8) is 0 Å². The van der Waals surface area contributed by atoms with Gasteiger partial charge in [0.2, 0.25) is 0 Å². The monoisotopic (exact) mass is 336 g/mol. The Morgan fingerprint density at radius 1 is 1.41 bits per heavy atom. The third-order valence-electron chi connectivity index (χ3n) is 3.98. The van der Waals surface area contributed by atoms with E-state index in [0.717, 1.165) is 41.6 Å². The molecule has 22 heavy (non-hydrogen) atoms. The Morgan fingerprint density at radius 2 is 2.18 bits per heavy atom.